The lowest BCUT2D eigenvalue weighted by atomic mass is 10.1. The van der Waals surface area contributed by atoms with Crippen LogP contribution in [0.4, 0.5) is 5.69 Å². The van der Waals surface area contributed by atoms with Gasteiger partial charge in [0.1, 0.15) is 5.75 Å². The molecule has 0 saturated heterocycles. The van der Waals surface area contributed by atoms with Crippen LogP contribution in [0.1, 0.15) is 11.1 Å². The Balaban J connectivity index is 3.23. The van der Waals surface area contributed by atoms with Crippen molar-refractivity contribution in [3.8, 4) is 5.75 Å². The van der Waals surface area contributed by atoms with E-state index < -0.39 is 0 Å². The minimum absolute atomic E-state index is 0.350. The lowest BCUT2D eigenvalue weighted by Crippen LogP contribution is -2.09. The van der Waals surface area contributed by atoms with Gasteiger partial charge in [-0.2, -0.15) is 0 Å². The standard InChI is InChI=1S/C10H15NO/c1-7-5-9(11(3)4)10(12)6-8(7)2/h5-6,12H,1-4H3. The molecule has 2 nitrogen and oxygen atoms in total. The molecule has 66 valence electrons. The van der Waals surface area contributed by atoms with Crippen LogP contribution in [0.25, 0.3) is 0 Å². The van der Waals surface area contributed by atoms with Crippen molar-refractivity contribution >= 4 is 5.69 Å². The molecule has 0 aliphatic heterocycles. The first-order valence-corrected chi connectivity index (χ1v) is 4.00. The Bertz CT molecular complexity index is 292. The van der Waals surface area contributed by atoms with Crippen LogP contribution < -0.4 is 4.90 Å². The van der Waals surface area contributed by atoms with E-state index in [-0.39, 0.29) is 0 Å². The van der Waals surface area contributed by atoms with Crippen molar-refractivity contribution < 1.29 is 5.11 Å². The van der Waals surface area contributed by atoms with Gasteiger partial charge in [0.05, 0.1) is 5.69 Å². The van der Waals surface area contributed by atoms with Crippen LogP contribution in [0, 0.1) is 13.8 Å². The predicted octanol–water partition coefficient (Wildman–Crippen LogP) is 2.08. The molecule has 0 unspecified atom stereocenters. The van der Waals surface area contributed by atoms with E-state index in [1.54, 1.807) is 6.07 Å². The van der Waals surface area contributed by atoms with Crippen molar-refractivity contribution in [2.24, 2.45) is 0 Å². The molecule has 12 heavy (non-hydrogen) atoms. The third-order valence-electron chi connectivity index (χ3n) is 2.07. The molecule has 1 aromatic carbocycles. The molecule has 0 fully saturated rings. The van der Waals surface area contributed by atoms with Gasteiger partial charge in [0, 0.05) is 14.1 Å². The Labute approximate surface area is 73.4 Å². The molecule has 0 aliphatic rings. The van der Waals surface area contributed by atoms with Gasteiger partial charge in [0.15, 0.2) is 0 Å². The Hall–Kier alpha value is -1.18. The topological polar surface area (TPSA) is 23.5 Å². The number of hydrogen-bond donors (Lipinski definition) is 1. The highest BCUT2D eigenvalue weighted by atomic mass is 16.3. The summed E-state index contributed by atoms with van der Waals surface area (Å²) in [6, 6.07) is 3.79. The van der Waals surface area contributed by atoms with Crippen LogP contribution in [0.15, 0.2) is 12.1 Å². The van der Waals surface area contributed by atoms with Crippen LogP contribution in [0.2, 0.25) is 0 Å². The van der Waals surface area contributed by atoms with Crippen molar-refractivity contribution in [1.29, 1.82) is 0 Å². The number of anilines is 1. The highest BCUT2D eigenvalue weighted by molar-refractivity contribution is 5.60. The van der Waals surface area contributed by atoms with Gasteiger partial charge in [0.25, 0.3) is 0 Å². The zero-order valence-electron chi connectivity index (χ0n) is 8.05. The molecule has 0 aromatic heterocycles. The van der Waals surface area contributed by atoms with E-state index in [1.165, 1.54) is 5.56 Å². The van der Waals surface area contributed by atoms with Gasteiger partial charge in [-0.15, -0.1) is 0 Å². The molecule has 0 saturated carbocycles. The lowest BCUT2D eigenvalue weighted by Gasteiger charge is -2.15. The van der Waals surface area contributed by atoms with Gasteiger partial charge < -0.3 is 10.0 Å². The Morgan fingerprint density at radius 1 is 1.08 bits per heavy atom. The second-order valence-electron chi connectivity index (χ2n) is 3.32. The fourth-order valence-electron chi connectivity index (χ4n) is 1.14. The van der Waals surface area contributed by atoms with Gasteiger partial charge >= 0.3 is 0 Å². The van der Waals surface area contributed by atoms with E-state index >= 15 is 0 Å². The quantitative estimate of drug-likeness (QED) is 0.688. The van der Waals surface area contributed by atoms with Gasteiger partial charge in [-0.3, -0.25) is 0 Å². The number of phenolic OH excluding ortho intramolecular Hbond substituents is 1. The van der Waals surface area contributed by atoms with E-state index in [0.717, 1.165) is 11.3 Å². The molecule has 1 aromatic rings. The summed E-state index contributed by atoms with van der Waals surface area (Å²) >= 11 is 0. The van der Waals surface area contributed by atoms with E-state index in [0.29, 0.717) is 5.75 Å². The van der Waals surface area contributed by atoms with E-state index in [4.69, 9.17) is 0 Å². The average Bonchev–Trinajstić information content (AvgIpc) is 1.96. The smallest absolute Gasteiger partial charge is 0.139 e. The SMILES string of the molecule is Cc1cc(O)c(N(C)C)cc1C. The van der Waals surface area contributed by atoms with Gasteiger partial charge in [-0.05, 0) is 37.1 Å². The fraction of sp³-hybridized carbons (Fsp3) is 0.400. The Morgan fingerprint density at radius 3 is 2.08 bits per heavy atom. The third kappa shape index (κ3) is 1.52. The fourth-order valence-corrected chi connectivity index (χ4v) is 1.14. The summed E-state index contributed by atoms with van der Waals surface area (Å²) in [4.78, 5) is 1.90. The zero-order valence-corrected chi connectivity index (χ0v) is 8.05. The largest absolute Gasteiger partial charge is 0.506 e. The summed E-state index contributed by atoms with van der Waals surface area (Å²) in [6.45, 7) is 4.04. The van der Waals surface area contributed by atoms with Crippen LogP contribution in [-0.4, -0.2) is 19.2 Å². The summed E-state index contributed by atoms with van der Waals surface area (Å²) in [5, 5.41) is 9.54. The number of aromatic hydroxyl groups is 1. The molecular formula is C10H15NO. The van der Waals surface area contributed by atoms with Crippen LogP contribution in [-0.2, 0) is 0 Å². The summed E-state index contributed by atoms with van der Waals surface area (Å²) in [5.41, 5.74) is 3.20. The van der Waals surface area contributed by atoms with Crippen LogP contribution >= 0.6 is 0 Å². The van der Waals surface area contributed by atoms with E-state index in [2.05, 4.69) is 0 Å². The second-order valence-corrected chi connectivity index (χ2v) is 3.32. The number of rotatable bonds is 1. The zero-order chi connectivity index (χ0) is 9.30. The molecule has 1 N–H and O–H groups in total. The second kappa shape index (κ2) is 3.05. The molecule has 2 heteroatoms. The molecule has 1 rings (SSSR count). The van der Waals surface area contributed by atoms with E-state index in [1.807, 2.05) is 38.9 Å². The highest BCUT2D eigenvalue weighted by Gasteiger charge is 2.04. The molecule has 0 radical (unpaired) electrons. The van der Waals surface area contributed by atoms with Crippen LogP contribution in [0.3, 0.4) is 0 Å². The third-order valence-corrected chi connectivity index (χ3v) is 2.07. The molecule has 0 aliphatic carbocycles. The maximum Gasteiger partial charge on any atom is 0.139 e. The van der Waals surface area contributed by atoms with Crippen LogP contribution in [0.5, 0.6) is 5.75 Å². The lowest BCUT2D eigenvalue weighted by molar-refractivity contribution is 0.475. The average molecular weight is 165 g/mol. The summed E-state index contributed by atoms with van der Waals surface area (Å²) in [6.07, 6.45) is 0. The number of nitrogens with zero attached hydrogens (tertiary/aromatic N) is 1. The minimum Gasteiger partial charge on any atom is -0.506 e. The van der Waals surface area contributed by atoms with Gasteiger partial charge in [-0.1, -0.05) is 0 Å². The molecule has 0 bridgehead atoms. The highest BCUT2D eigenvalue weighted by Crippen LogP contribution is 2.28. The number of hydrogen-bond acceptors (Lipinski definition) is 2. The first-order valence-electron chi connectivity index (χ1n) is 4.00. The predicted molar refractivity (Wildman–Crippen MR) is 51.9 cm³/mol. The summed E-state index contributed by atoms with van der Waals surface area (Å²) in [7, 11) is 3.84. The number of phenols is 1. The van der Waals surface area contributed by atoms with Crippen molar-refractivity contribution in [2.45, 2.75) is 13.8 Å². The molecule has 0 amide bonds. The van der Waals surface area contributed by atoms with Gasteiger partial charge in [-0.25, -0.2) is 0 Å². The first kappa shape index (κ1) is 8.91. The molecule has 0 heterocycles. The summed E-state index contributed by atoms with van der Waals surface area (Å²) in [5.74, 6) is 0.350. The maximum atomic E-state index is 9.54. The first-order chi connectivity index (χ1) is 5.52. The monoisotopic (exact) mass is 165 g/mol. The normalized spacial score (nSPS) is 10.0. The molecule has 0 spiro atoms. The minimum atomic E-state index is 0.350. The Morgan fingerprint density at radius 2 is 1.58 bits per heavy atom. The number of aryl methyl sites for hydroxylation is 2. The van der Waals surface area contributed by atoms with Crippen molar-refractivity contribution in [1.82, 2.24) is 0 Å². The molecular weight excluding hydrogens is 150 g/mol. The molecule has 0 atom stereocenters. The Kier molecular flexibility index (Phi) is 2.27. The number of benzene rings is 1. The van der Waals surface area contributed by atoms with E-state index in [9.17, 15) is 5.11 Å². The van der Waals surface area contributed by atoms with Gasteiger partial charge in [0.2, 0.25) is 0 Å². The summed E-state index contributed by atoms with van der Waals surface area (Å²) < 4.78 is 0. The van der Waals surface area contributed by atoms with Crippen molar-refractivity contribution in [3.05, 3.63) is 23.3 Å². The van der Waals surface area contributed by atoms with Crippen molar-refractivity contribution in [2.75, 3.05) is 19.0 Å². The van der Waals surface area contributed by atoms with Crippen molar-refractivity contribution in [3.63, 3.8) is 0 Å². The maximum absolute atomic E-state index is 9.54.